The van der Waals surface area contributed by atoms with E-state index in [-0.39, 0.29) is 5.92 Å². The van der Waals surface area contributed by atoms with Crippen LogP contribution in [0.4, 0.5) is 0 Å². The van der Waals surface area contributed by atoms with Crippen molar-refractivity contribution in [1.82, 2.24) is 0 Å². The van der Waals surface area contributed by atoms with Crippen LogP contribution in [0.15, 0.2) is 47.0 Å². The molecule has 3 heteroatoms. The van der Waals surface area contributed by atoms with Crippen molar-refractivity contribution in [2.75, 3.05) is 0 Å². The number of aryl methyl sites for hydroxylation is 3. The molecule has 0 saturated carbocycles. The minimum atomic E-state index is 0.209. The van der Waals surface area contributed by atoms with Crippen LogP contribution < -0.4 is 4.57 Å². The minimum absolute atomic E-state index is 0.209. The lowest BCUT2D eigenvalue weighted by atomic mass is 9.92. The molecule has 0 fully saturated rings. The largest absolute Gasteiger partial charge is 0.455 e. The van der Waals surface area contributed by atoms with E-state index < -0.39 is 0 Å². The Morgan fingerprint density at radius 1 is 1.04 bits per heavy atom. The van der Waals surface area contributed by atoms with Gasteiger partial charge in [0, 0.05) is 28.5 Å². The molecule has 0 N–H and O–H groups in total. The van der Waals surface area contributed by atoms with Gasteiger partial charge in [-0.05, 0) is 43.0 Å². The zero-order valence-corrected chi connectivity index (χ0v) is 16.4. The predicted octanol–water partition coefficient (Wildman–Crippen LogP) is 5.69. The van der Waals surface area contributed by atoms with Gasteiger partial charge >= 0.3 is 0 Å². The van der Waals surface area contributed by atoms with E-state index >= 15 is 0 Å². The van der Waals surface area contributed by atoms with E-state index in [0.29, 0.717) is 5.56 Å². The van der Waals surface area contributed by atoms with Gasteiger partial charge in [-0.3, -0.25) is 0 Å². The lowest BCUT2D eigenvalue weighted by Gasteiger charge is -2.10. The summed E-state index contributed by atoms with van der Waals surface area (Å²) >= 11 is 0. The Morgan fingerprint density at radius 3 is 2.48 bits per heavy atom. The van der Waals surface area contributed by atoms with Gasteiger partial charge in [-0.2, -0.15) is 5.26 Å². The Hall–Kier alpha value is -3.12. The first-order valence-electron chi connectivity index (χ1n) is 9.28. The third-order valence-corrected chi connectivity index (χ3v) is 5.37. The van der Waals surface area contributed by atoms with E-state index in [9.17, 15) is 5.26 Å². The topological polar surface area (TPSA) is 40.8 Å². The zero-order valence-electron chi connectivity index (χ0n) is 16.4. The van der Waals surface area contributed by atoms with Crippen LogP contribution in [0.2, 0.25) is 0 Å². The average molecular weight is 355 g/mol. The van der Waals surface area contributed by atoms with Gasteiger partial charge in [-0.15, -0.1) is 0 Å². The molecule has 4 aromatic rings. The second-order valence-corrected chi connectivity index (χ2v) is 7.56. The summed E-state index contributed by atoms with van der Waals surface area (Å²) in [6, 6.07) is 14.8. The summed E-state index contributed by atoms with van der Waals surface area (Å²) < 4.78 is 8.64. The molecule has 2 aromatic carbocycles. The zero-order chi connectivity index (χ0) is 19.3. The van der Waals surface area contributed by atoms with Gasteiger partial charge in [0.05, 0.1) is 17.2 Å². The highest BCUT2D eigenvalue weighted by molar-refractivity contribution is 6.12. The quantitative estimate of drug-likeness (QED) is 0.433. The molecule has 0 spiro atoms. The SMILES string of the molecule is Cc1ccc2c(oc3c(C(C)C)c(C#N)cc(C)c32)c1-c1cccc[n+]1C. The first kappa shape index (κ1) is 17.3. The van der Waals surface area contributed by atoms with Crippen molar-refractivity contribution in [3.05, 3.63) is 64.8 Å². The first-order chi connectivity index (χ1) is 12.9. The molecule has 0 saturated heterocycles. The van der Waals surface area contributed by atoms with Crippen molar-refractivity contribution in [1.29, 1.82) is 5.26 Å². The van der Waals surface area contributed by atoms with Crippen LogP contribution in [0, 0.1) is 25.2 Å². The molecule has 0 amide bonds. The lowest BCUT2D eigenvalue weighted by molar-refractivity contribution is -0.660. The number of pyridine rings is 1. The average Bonchev–Trinajstić information content (AvgIpc) is 3.01. The van der Waals surface area contributed by atoms with Crippen LogP contribution in [-0.4, -0.2) is 0 Å². The smallest absolute Gasteiger partial charge is 0.216 e. The Bertz CT molecular complexity index is 1240. The van der Waals surface area contributed by atoms with Gasteiger partial charge in [0.25, 0.3) is 0 Å². The first-order valence-corrected chi connectivity index (χ1v) is 9.28. The predicted molar refractivity (Wildman–Crippen MR) is 109 cm³/mol. The second kappa shape index (κ2) is 6.25. The van der Waals surface area contributed by atoms with Crippen LogP contribution >= 0.6 is 0 Å². The van der Waals surface area contributed by atoms with Crippen LogP contribution in [0.3, 0.4) is 0 Å². The van der Waals surface area contributed by atoms with Gasteiger partial charge in [-0.1, -0.05) is 26.0 Å². The molecule has 0 unspecified atom stereocenters. The van der Waals surface area contributed by atoms with Crippen LogP contribution in [-0.2, 0) is 7.05 Å². The molecule has 0 aliphatic heterocycles. The molecule has 27 heavy (non-hydrogen) atoms. The third kappa shape index (κ3) is 2.52. The number of rotatable bonds is 2. The standard InChI is InChI=1S/C24H23N2O/c1-14(2)20-17(13-25)12-16(4)21-18-10-9-15(3)22(23(18)27-24(20)21)19-8-6-7-11-26(19)5/h6-12,14H,1-5H3/q+1. The van der Waals surface area contributed by atoms with E-state index in [2.05, 4.69) is 75.8 Å². The molecule has 0 aliphatic carbocycles. The molecular formula is C24H23N2O+. The molecular weight excluding hydrogens is 332 g/mol. The summed E-state index contributed by atoms with van der Waals surface area (Å²) in [5.74, 6) is 0.209. The maximum atomic E-state index is 9.64. The summed E-state index contributed by atoms with van der Waals surface area (Å²) in [5, 5.41) is 11.9. The Labute approximate surface area is 159 Å². The highest BCUT2D eigenvalue weighted by Crippen LogP contribution is 2.41. The number of nitrogens with zero attached hydrogens (tertiary/aromatic N) is 2. The van der Waals surface area contributed by atoms with E-state index in [1.54, 1.807) is 0 Å². The van der Waals surface area contributed by atoms with Gasteiger partial charge in [0.2, 0.25) is 5.69 Å². The molecule has 134 valence electrons. The van der Waals surface area contributed by atoms with Crippen LogP contribution in [0.5, 0.6) is 0 Å². The fourth-order valence-electron chi connectivity index (χ4n) is 4.10. The third-order valence-electron chi connectivity index (χ3n) is 5.37. The van der Waals surface area contributed by atoms with Crippen LogP contribution in [0.1, 0.15) is 42.0 Å². The van der Waals surface area contributed by atoms with Crippen molar-refractivity contribution in [3.63, 3.8) is 0 Å². The second-order valence-electron chi connectivity index (χ2n) is 7.56. The fraction of sp³-hybridized carbons (Fsp3) is 0.250. The highest BCUT2D eigenvalue weighted by Gasteiger charge is 2.24. The molecule has 0 radical (unpaired) electrons. The summed E-state index contributed by atoms with van der Waals surface area (Å²) in [6.45, 7) is 8.40. The van der Waals surface area contributed by atoms with Gasteiger partial charge in [0.15, 0.2) is 6.20 Å². The summed E-state index contributed by atoms with van der Waals surface area (Å²) in [7, 11) is 2.05. The Kier molecular flexibility index (Phi) is 4.00. The summed E-state index contributed by atoms with van der Waals surface area (Å²) in [6.07, 6.45) is 2.05. The number of benzene rings is 2. The summed E-state index contributed by atoms with van der Waals surface area (Å²) in [5.41, 5.74) is 7.93. The number of hydrogen-bond donors (Lipinski definition) is 0. The van der Waals surface area contributed by atoms with E-state index in [1.165, 1.54) is 5.56 Å². The molecule has 4 rings (SSSR count). The molecule has 2 aromatic heterocycles. The van der Waals surface area contributed by atoms with E-state index in [4.69, 9.17) is 4.42 Å². The normalized spacial score (nSPS) is 11.4. The molecule has 0 bridgehead atoms. The Balaban J connectivity index is 2.22. The van der Waals surface area contributed by atoms with Gasteiger partial charge in [0.1, 0.15) is 18.2 Å². The number of nitriles is 1. The fourth-order valence-corrected chi connectivity index (χ4v) is 4.10. The van der Waals surface area contributed by atoms with Crippen molar-refractivity contribution in [2.24, 2.45) is 7.05 Å². The summed E-state index contributed by atoms with van der Waals surface area (Å²) in [4.78, 5) is 0. The maximum absolute atomic E-state index is 9.64. The van der Waals surface area contributed by atoms with Gasteiger partial charge < -0.3 is 4.42 Å². The number of furan rings is 1. The highest BCUT2D eigenvalue weighted by atomic mass is 16.3. The van der Waals surface area contributed by atoms with E-state index in [0.717, 1.165) is 44.3 Å². The monoisotopic (exact) mass is 355 g/mol. The lowest BCUT2D eigenvalue weighted by Crippen LogP contribution is -2.30. The van der Waals surface area contributed by atoms with Crippen molar-refractivity contribution >= 4 is 21.9 Å². The van der Waals surface area contributed by atoms with Gasteiger partial charge in [-0.25, -0.2) is 4.57 Å². The van der Waals surface area contributed by atoms with E-state index in [1.807, 2.05) is 12.1 Å². The number of hydrogen-bond acceptors (Lipinski definition) is 2. The maximum Gasteiger partial charge on any atom is 0.216 e. The minimum Gasteiger partial charge on any atom is -0.455 e. The van der Waals surface area contributed by atoms with Crippen molar-refractivity contribution in [2.45, 2.75) is 33.6 Å². The van der Waals surface area contributed by atoms with Crippen LogP contribution in [0.25, 0.3) is 33.2 Å². The molecule has 0 atom stereocenters. The van der Waals surface area contributed by atoms with Crippen molar-refractivity contribution in [3.8, 4) is 17.3 Å². The van der Waals surface area contributed by atoms with Crippen molar-refractivity contribution < 1.29 is 8.98 Å². The Morgan fingerprint density at radius 2 is 1.81 bits per heavy atom. The number of aromatic nitrogens is 1. The number of fused-ring (bicyclic) bond motifs is 3. The molecule has 2 heterocycles. The molecule has 0 aliphatic rings. The molecule has 3 nitrogen and oxygen atoms in total.